The van der Waals surface area contributed by atoms with E-state index in [1.54, 1.807) is 16.2 Å². The molecule has 3 amide bonds. The van der Waals surface area contributed by atoms with Gasteiger partial charge < -0.3 is 4.90 Å². The highest BCUT2D eigenvalue weighted by atomic mass is 35.5. The molecule has 5 aromatic rings. The Morgan fingerprint density at radius 3 is 2.51 bits per heavy atom. The van der Waals surface area contributed by atoms with E-state index in [0.29, 0.717) is 35.3 Å². The molecular weight excluding hydrogens is 734 g/mol. The Morgan fingerprint density at radius 2 is 1.75 bits per heavy atom. The fourth-order valence-electron chi connectivity index (χ4n) is 7.96. The second-order valence-corrected chi connectivity index (χ2v) is 15.8. The average molecular weight is 770 g/mol. The number of aliphatic imine (C=N–C) groups is 1. The number of benzene rings is 2. The van der Waals surface area contributed by atoms with Crippen LogP contribution in [0.15, 0.2) is 71.9 Å². The third-order valence-electron chi connectivity index (χ3n) is 10.6. The molecule has 14 heteroatoms. The van der Waals surface area contributed by atoms with Crippen molar-refractivity contribution in [1.29, 1.82) is 0 Å². The summed E-state index contributed by atoms with van der Waals surface area (Å²) in [5.74, 6) is 7.83. The van der Waals surface area contributed by atoms with Gasteiger partial charge in [0.2, 0.25) is 11.8 Å². The molecule has 2 fully saturated rings. The van der Waals surface area contributed by atoms with Gasteiger partial charge in [-0.15, -0.1) is 21.5 Å². The molecule has 2 N–H and O–H groups in total. The van der Waals surface area contributed by atoms with Gasteiger partial charge in [-0.05, 0) is 67.0 Å². The van der Waals surface area contributed by atoms with Crippen LogP contribution in [0.25, 0.3) is 5.00 Å². The van der Waals surface area contributed by atoms with Crippen LogP contribution < -0.4 is 10.6 Å². The Labute approximate surface area is 326 Å². The number of imide groups is 1. The zero-order valence-electron chi connectivity index (χ0n) is 30.2. The van der Waals surface area contributed by atoms with E-state index in [1.165, 1.54) is 0 Å². The number of pyridine rings is 1. The summed E-state index contributed by atoms with van der Waals surface area (Å²) in [5, 5.41) is 16.4. The maximum atomic E-state index is 13.4. The van der Waals surface area contributed by atoms with Gasteiger partial charge in [0.05, 0.1) is 16.6 Å². The summed E-state index contributed by atoms with van der Waals surface area (Å²) in [6, 6.07) is 18.8. The third kappa shape index (κ3) is 6.65. The minimum Gasteiger partial charge on any atom is -0.315 e. The van der Waals surface area contributed by atoms with Crippen molar-refractivity contribution in [3.05, 3.63) is 127 Å². The van der Waals surface area contributed by atoms with Gasteiger partial charge >= 0.3 is 0 Å². The molecule has 0 radical (unpaired) electrons. The fourth-order valence-corrected chi connectivity index (χ4v) is 9.32. The zero-order chi connectivity index (χ0) is 37.8. The lowest BCUT2D eigenvalue weighted by molar-refractivity contribution is -0.135. The van der Waals surface area contributed by atoms with Crippen molar-refractivity contribution in [2.45, 2.75) is 52.0 Å². The normalized spacial score (nSPS) is 18.5. The molecule has 276 valence electrons. The number of aryl methyl sites for hydroxylation is 1. The number of hydrogen-bond donors (Lipinski definition) is 2. The van der Waals surface area contributed by atoms with Gasteiger partial charge in [0.25, 0.3) is 5.91 Å². The Bertz CT molecular complexity index is 2440. The Balaban J connectivity index is 0.847. The number of hydrogen-bond acceptors (Lipinski definition) is 10. The van der Waals surface area contributed by atoms with Crippen LogP contribution in [0.2, 0.25) is 5.02 Å². The summed E-state index contributed by atoms with van der Waals surface area (Å²) in [7, 11) is 0. The van der Waals surface area contributed by atoms with E-state index in [-0.39, 0.29) is 36.7 Å². The Hall–Kier alpha value is -5.52. The number of fused-ring (bicyclic) bond motifs is 4. The first-order valence-electron chi connectivity index (χ1n) is 18.2. The monoisotopic (exact) mass is 769 g/mol. The summed E-state index contributed by atoms with van der Waals surface area (Å²) in [4.78, 5) is 52.4. The number of nitrogens with one attached hydrogen (secondary N) is 2. The molecule has 2 saturated heterocycles. The molecule has 1 unspecified atom stereocenters. The third-order valence-corrected chi connectivity index (χ3v) is 12.1. The molecule has 4 aliphatic rings. The summed E-state index contributed by atoms with van der Waals surface area (Å²) >= 11 is 7.82. The topological polar surface area (TPSA) is 138 Å². The number of nitrogens with zero attached hydrogens (tertiary/aromatic N) is 7. The van der Waals surface area contributed by atoms with E-state index in [2.05, 4.69) is 60.1 Å². The molecular formula is C41H36ClN9O3S. The van der Waals surface area contributed by atoms with Gasteiger partial charge in [0.15, 0.2) is 5.82 Å². The van der Waals surface area contributed by atoms with Crippen LogP contribution in [0.3, 0.4) is 0 Å². The number of likely N-dealkylation sites (tertiary alicyclic amines) is 1. The molecule has 3 aromatic heterocycles. The lowest BCUT2D eigenvalue weighted by atomic mass is 9.98. The van der Waals surface area contributed by atoms with Crippen LogP contribution in [0.1, 0.15) is 79.4 Å². The lowest BCUT2D eigenvalue weighted by Gasteiger charge is -2.41. The van der Waals surface area contributed by atoms with Crippen LogP contribution in [-0.4, -0.2) is 78.7 Å². The number of thiophene rings is 1. The highest BCUT2D eigenvalue weighted by molar-refractivity contribution is 7.15. The summed E-state index contributed by atoms with van der Waals surface area (Å²) in [6.07, 6.45) is 1.74. The first kappa shape index (κ1) is 35.2. The molecule has 1 atom stereocenters. The molecule has 9 rings (SSSR count). The highest BCUT2D eigenvalue weighted by Gasteiger charge is 2.43. The predicted molar refractivity (Wildman–Crippen MR) is 208 cm³/mol. The first-order valence-corrected chi connectivity index (χ1v) is 19.4. The van der Waals surface area contributed by atoms with E-state index in [4.69, 9.17) is 16.6 Å². The number of rotatable bonds is 7. The van der Waals surface area contributed by atoms with E-state index in [0.717, 1.165) is 74.7 Å². The van der Waals surface area contributed by atoms with Gasteiger partial charge in [-0.25, -0.2) is 4.98 Å². The SMILES string of the molecule is Cc1c(C#Cc2ccc(CN3CC(CNC4c5ccccc5C(=O)N4C4CC(=O)NC(=O)C4)C3)cn2)sc2c1C(c1ccc(Cl)cc1)=NCc1nnc(C)n1-2. The molecule has 12 nitrogen and oxygen atoms in total. The van der Waals surface area contributed by atoms with Gasteiger partial charge in [0, 0.05) is 72.5 Å². The van der Waals surface area contributed by atoms with Crippen molar-refractivity contribution in [1.82, 2.24) is 40.2 Å². The molecule has 7 heterocycles. The van der Waals surface area contributed by atoms with Crippen LogP contribution in [0.5, 0.6) is 0 Å². The standard InChI is InChI=1S/C41H36ClN9O3S/c1-23-33(55-41-37(23)38(27-8-10-28(42)11-9-27)44-19-34-48-47-24(2)50(34)41)14-13-29-12-7-25(17-43-29)20-49-21-26(22-49)18-45-39-31-5-3-4-6-32(31)40(54)51(39)30-15-35(52)46-36(53)16-30/h3-12,17,26,30,39,45H,15-16,18-22H2,1-2H3,(H,46,52,53). The van der Waals surface area contributed by atoms with Crippen molar-refractivity contribution in [2.24, 2.45) is 10.9 Å². The number of carbonyl (C=O) groups excluding carboxylic acids is 3. The van der Waals surface area contributed by atoms with Gasteiger partial charge in [-0.3, -0.25) is 39.5 Å². The van der Waals surface area contributed by atoms with E-state index in [1.807, 2.05) is 67.7 Å². The number of piperidine rings is 1. The Kier molecular flexibility index (Phi) is 9.14. The molecule has 0 spiro atoms. The predicted octanol–water partition coefficient (Wildman–Crippen LogP) is 4.73. The van der Waals surface area contributed by atoms with Gasteiger partial charge in [0.1, 0.15) is 29.2 Å². The largest absolute Gasteiger partial charge is 0.315 e. The molecule has 2 aromatic carbocycles. The van der Waals surface area contributed by atoms with E-state index >= 15 is 0 Å². The summed E-state index contributed by atoms with van der Waals surface area (Å²) in [6.45, 7) is 7.75. The number of aromatic nitrogens is 4. The highest BCUT2D eigenvalue weighted by Crippen LogP contribution is 2.38. The van der Waals surface area contributed by atoms with Gasteiger partial charge in [-0.2, -0.15) is 0 Å². The van der Waals surface area contributed by atoms with E-state index < -0.39 is 6.04 Å². The van der Waals surface area contributed by atoms with Crippen molar-refractivity contribution in [3.63, 3.8) is 0 Å². The maximum Gasteiger partial charge on any atom is 0.256 e. The summed E-state index contributed by atoms with van der Waals surface area (Å²) in [5.41, 5.74) is 7.25. The second kappa shape index (κ2) is 14.3. The second-order valence-electron chi connectivity index (χ2n) is 14.4. The van der Waals surface area contributed by atoms with Crippen molar-refractivity contribution < 1.29 is 14.4 Å². The fraction of sp³-hybridized carbons (Fsp3) is 0.293. The van der Waals surface area contributed by atoms with E-state index in [9.17, 15) is 14.4 Å². The minimum absolute atomic E-state index is 0.112. The van der Waals surface area contributed by atoms with Crippen LogP contribution in [-0.2, 0) is 22.7 Å². The van der Waals surface area contributed by atoms with Crippen molar-refractivity contribution >= 4 is 46.4 Å². The van der Waals surface area contributed by atoms with Crippen LogP contribution in [0.4, 0.5) is 0 Å². The summed E-state index contributed by atoms with van der Waals surface area (Å²) < 4.78 is 2.08. The van der Waals surface area contributed by atoms with Crippen LogP contribution in [0, 0.1) is 31.6 Å². The lowest BCUT2D eigenvalue weighted by Crippen LogP contribution is -2.54. The van der Waals surface area contributed by atoms with Gasteiger partial charge in [-0.1, -0.05) is 48.0 Å². The molecule has 0 saturated carbocycles. The first-order chi connectivity index (χ1) is 26.7. The number of carbonyl (C=O) groups is 3. The zero-order valence-corrected chi connectivity index (χ0v) is 31.7. The quantitative estimate of drug-likeness (QED) is 0.179. The molecule has 55 heavy (non-hydrogen) atoms. The number of amides is 3. The smallest absolute Gasteiger partial charge is 0.256 e. The van der Waals surface area contributed by atoms with Crippen molar-refractivity contribution in [2.75, 3.05) is 19.6 Å². The van der Waals surface area contributed by atoms with Crippen molar-refractivity contribution in [3.8, 4) is 16.8 Å². The number of halogens is 1. The minimum atomic E-state index is -0.476. The molecule has 0 aliphatic carbocycles. The Morgan fingerprint density at radius 1 is 0.964 bits per heavy atom. The van der Waals surface area contributed by atoms with Crippen LogP contribution >= 0.6 is 22.9 Å². The average Bonchev–Trinajstić information content (AvgIpc) is 3.74. The molecule has 0 bridgehead atoms. The molecule has 4 aliphatic heterocycles. The maximum absolute atomic E-state index is 13.4.